The van der Waals surface area contributed by atoms with Crippen molar-refractivity contribution in [2.24, 2.45) is 11.7 Å². The van der Waals surface area contributed by atoms with Crippen LogP contribution in [-0.4, -0.2) is 30.1 Å². The van der Waals surface area contributed by atoms with Gasteiger partial charge in [-0.1, -0.05) is 19.8 Å². The van der Waals surface area contributed by atoms with Crippen LogP contribution in [0, 0.1) is 5.92 Å². The fourth-order valence-corrected chi connectivity index (χ4v) is 2.59. The van der Waals surface area contributed by atoms with Crippen LogP contribution in [0.2, 0.25) is 0 Å². The van der Waals surface area contributed by atoms with Crippen molar-refractivity contribution in [1.29, 1.82) is 0 Å². The third kappa shape index (κ3) is 5.86. The average molecular weight is 226 g/mol. The van der Waals surface area contributed by atoms with E-state index in [0.29, 0.717) is 0 Å². The molecule has 1 rings (SSSR count). The van der Waals surface area contributed by atoms with E-state index >= 15 is 0 Å². The molecule has 0 radical (unpaired) electrons. The first-order valence-electron chi connectivity index (χ1n) is 7.02. The molecule has 0 aliphatic carbocycles. The Labute approximate surface area is 102 Å². The molecule has 0 saturated carbocycles. The number of likely N-dealkylation sites (tertiary alicyclic amines) is 1. The lowest BCUT2D eigenvalue weighted by atomic mass is 9.96. The summed E-state index contributed by atoms with van der Waals surface area (Å²) < 4.78 is 0. The quantitative estimate of drug-likeness (QED) is 0.781. The molecule has 0 aromatic rings. The molecule has 2 nitrogen and oxygen atoms in total. The molecule has 0 aromatic heterocycles. The zero-order chi connectivity index (χ0) is 12.0. The van der Waals surface area contributed by atoms with Crippen molar-refractivity contribution in [2.45, 2.75) is 64.8 Å². The molecular formula is C14H30N2. The second-order valence-electron chi connectivity index (χ2n) is 6.17. The van der Waals surface area contributed by atoms with Crippen molar-refractivity contribution in [3.63, 3.8) is 0 Å². The summed E-state index contributed by atoms with van der Waals surface area (Å²) in [4.78, 5) is 2.62. The Kier molecular flexibility index (Phi) is 5.77. The minimum absolute atomic E-state index is 0.00484. The maximum atomic E-state index is 6.04. The predicted molar refractivity (Wildman–Crippen MR) is 71.6 cm³/mol. The van der Waals surface area contributed by atoms with Crippen molar-refractivity contribution < 1.29 is 0 Å². The van der Waals surface area contributed by atoms with Gasteiger partial charge in [0.2, 0.25) is 0 Å². The molecule has 1 fully saturated rings. The Balaban J connectivity index is 2.25. The van der Waals surface area contributed by atoms with Crippen molar-refractivity contribution >= 4 is 0 Å². The lowest BCUT2D eigenvalue weighted by Crippen LogP contribution is -2.37. The van der Waals surface area contributed by atoms with Crippen LogP contribution in [-0.2, 0) is 0 Å². The molecule has 0 spiro atoms. The Hall–Kier alpha value is -0.0800. The van der Waals surface area contributed by atoms with E-state index < -0.39 is 0 Å². The maximum Gasteiger partial charge on any atom is 0.0109 e. The summed E-state index contributed by atoms with van der Waals surface area (Å²) in [6.07, 6.45) is 8.12. The number of nitrogens with two attached hydrogens (primary N) is 1. The van der Waals surface area contributed by atoms with Crippen molar-refractivity contribution in [3.8, 4) is 0 Å². The molecule has 16 heavy (non-hydrogen) atoms. The second-order valence-corrected chi connectivity index (χ2v) is 6.17. The number of rotatable bonds is 5. The lowest BCUT2D eigenvalue weighted by molar-refractivity contribution is 0.253. The zero-order valence-corrected chi connectivity index (χ0v) is 11.5. The van der Waals surface area contributed by atoms with E-state index in [1.54, 1.807) is 0 Å². The van der Waals surface area contributed by atoms with Crippen LogP contribution in [0.3, 0.4) is 0 Å². The van der Waals surface area contributed by atoms with Gasteiger partial charge in [-0.2, -0.15) is 0 Å². The van der Waals surface area contributed by atoms with Gasteiger partial charge in [0.25, 0.3) is 0 Å². The molecule has 1 heterocycles. The van der Waals surface area contributed by atoms with Gasteiger partial charge in [-0.25, -0.2) is 0 Å². The van der Waals surface area contributed by atoms with Gasteiger partial charge < -0.3 is 10.6 Å². The van der Waals surface area contributed by atoms with E-state index in [-0.39, 0.29) is 5.54 Å². The molecule has 1 unspecified atom stereocenters. The van der Waals surface area contributed by atoms with E-state index in [2.05, 4.69) is 25.7 Å². The van der Waals surface area contributed by atoms with Gasteiger partial charge in [-0.3, -0.25) is 0 Å². The molecule has 2 heteroatoms. The summed E-state index contributed by atoms with van der Waals surface area (Å²) >= 11 is 0. The molecule has 1 atom stereocenters. The highest BCUT2D eigenvalue weighted by Crippen LogP contribution is 2.22. The van der Waals surface area contributed by atoms with Crippen molar-refractivity contribution in [2.75, 3.05) is 19.6 Å². The lowest BCUT2D eigenvalue weighted by Gasteiger charge is -2.25. The highest BCUT2D eigenvalue weighted by molar-refractivity contribution is 4.76. The van der Waals surface area contributed by atoms with Crippen molar-refractivity contribution in [3.05, 3.63) is 0 Å². The van der Waals surface area contributed by atoms with Crippen molar-refractivity contribution in [1.82, 2.24) is 4.90 Å². The summed E-state index contributed by atoms with van der Waals surface area (Å²) in [5.41, 5.74) is 6.04. The summed E-state index contributed by atoms with van der Waals surface area (Å²) in [6.45, 7) is 10.3. The fourth-order valence-electron chi connectivity index (χ4n) is 2.59. The molecule has 0 amide bonds. The van der Waals surface area contributed by atoms with E-state index in [1.807, 2.05) is 0 Å². The topological polar surface area (TPSA) is 29.3 Å². The van der Waals surface area contributed by atoms with Gasteiger partial charge in [-0.05, 0) is 65.1 Å². The van der Waals surface area contributed by atoms with Gasteiger partial charge in [0.05, 0.1) is 0 Å². The first-order valence-corrected chi connectivity index (χ1v) is 7.02. The van der Waals surface area contributed by atoms with E-state index in [1.165, 1.54) is 51.7 Å². The first kappa shape index (κ1) is 14.0. The smallest absolute Gasteiger partial charge is 0.0109 e. The molecule has 2 N–H and O–H groups in total. The number of nitrogens with zero attached hydrogens (tertiary/aromatic N) is 1. The van der Waals surface area contributed by atoms with Gasteiger partial charge >= 0.3 is 0 Å². The first-order chi connectivity index (χ1) is 7.51. The highest BCUT2D eigenvalue weighted by Gasteiger charge is 2.18. The Bertz CT molecular complexity index is 184. The largest absolute Gasteiger partial charge is 0.326 e. The third-order valence-electron chi connectivity index (χ3n) is 3.71. The highest BCUT2D eigenvalue weighted by atomic mass is 15.1. The molecule has 1 aliphatic heterocycles. The molecule has 0 aromatic carbocycles. The van der Waals surface area contributed by atoms with Gasteiger partial charge in [0.1, 0.15) is 0 Å². The molecule has 1 aliphatic rings. The molecule has 96 valence electrons. The van der Waals surface area contributed by atoms with Gasteiger partial charge in [0.15, 0.2) is 0 Å². The second kappa shape index (κ2) is 6.61. The maximum absolute atomic E-state index is 6.04. The fraction of sp³-hybridized carbons (Fsp3) is 1.00. The Morgan fingerprint density at radius 3 is 2.62 bits per heavy atom. The molecular weight excluding hydrogens is 196 g/mol. The monoisotopic (exact) mass is 226 g/mol. The van der Waals surface area contributed by atoms with Crippen LogP contribution in [0.5, 0.6) is 0 Å². The Morgan fingerprint density at radius 2 is 2.00 bits per heavy atom. The minimum atomic E-state index is -0.00484. The van der Waals surface area contributed by atoms with E-state index in [0.717, 1.165) is 12.3 Å². The van der Waals surface area contributed by atoms with E-state index in [4.69, 9.17) is 5.73 Å². The summed E-state index contributed by atoms with van der Waals surface area (Å²) in [5.74, 6) is 0.987. The third-order valence-corrected chi connectivity index (χ3v) is 3.71. The zero-order valence-electron chi connectivity index (χ0n) is 11.5. The SMILES string of the molecule is CCCC1CCCN(CCC(C)(C)N)CC1. The normalized spacial score (nSPS) is 24.4. The number of hydrogen-bond acceptors (Lipinski definition) is 2. The number of hydrogen-bond donors (Lipinski definition) is 1. The van der Waals surface area contributed by atoms with Crippen LogP contribution < -0.4 is 5.73 Å². The summed E-state index contributed by atoms with van der Waals surface area (Å²) in [7, 11) is 0. The molecule has 1 saturated heterocycles. The van der Waals surface area contributed by atoms with Crippen LogP contribution in [0.25, 0.3) is 0 Å². The standard InChI is InChI=1S/C14H30N2/c1-4-6-13-7-5-10-16(11-8-13)12-9-14(2,3)15/h13H,4-12,15H2,1-3H3. The van der Waals surface area contributed by atoms with Gasteiger partial charge in [-0.15, -0.1) is 0 Å². The minimum Gasteiger partial charge on any atom is -0.326 e. The van der Waals surface area contributed by atoms with Gasteiger partial charge in [0, 0.05) is 5.54 Å². The van der Waals surface area contributed by atoms with E-state index in [9.17, 15) is 0 Å². The van der Waals surface area contributed by atoms with Crippen LogP contribution in [0.15, 0.2) is 0 Å². The summed E-state index contributed by atoms with van der Waals surface area (Å²) in [5, 5.41) is 0. The Morgan fingerprint density at radius 1 is 1.25 bits per heavy atom. The summed E-state index contributed by atoms with van der Waals surface area (Å²) in [6, 6.07) is 0. The van der Waals surface area contributed by atoms with Crippen LogP contribution in [0.1, 0.15) is 59.3 Å². The molecule has 0 bridgehead atoms. The average Bonchev–Trinajstić information content (AvgIpc) is 2.40. The van der Waals surface area contributed by atoms with Crippen LogP contribution >= 0.6 is 0 Å². The predicted octanol–water partition coefficient (Wildman–Crippen LogP) is 3.02. The van der Waals surface area contributed by atoms with Crippen LogP contribution in [0.4, 0.5) is 0 Å².